The standard InChI is InChI=1S/C21H24N4O/c1-4-18-9-10-20(24-23-18)25-12-11-19(14-25)22-21(26)13-16-5-7-17(8-6-16)15(2)3/h1,5-10,15,19H,11-14H2,2-3H3,(H,22,26)/t19-/m0/s1. The Balaban J connectivity index is 1.51. The number of nitrogens with zero attached hydrogens (tertiary/aromatic N) is 3. The molecule has 26 heavy (non-hydrogen) atoms. The number of nitrogens with one attached hydrogen (secondary N) is 1. The molecule has 5 heteroatoms. The van der Waals surface area contributed by atoms with Gasteiger partial charge in [0.1, 0.15) is 5.69 Å². The fraction of sp³-hybridized carbons (Fsp3) is 0.381. The molecule has 1 atom stereocenters. The summed E-state index contributed by atoms with van der Waals surface area (Å²) in [5.41, 5.74) is 2.86. The van der Waals surface area contributed by atoms with Crippen LogP contribution in [0.25, 0.3) is 0 Å². The first-order valence-corrected chi connectivity index (χ1v) is 8.98. The van der Waals surface area contributed by atoms with Crippen LogP contribution in [0.1, 0.15) is 43.0 Å². The molecule has 1 N–H and O–H groups in total. The van der Waals surface area contributed by atoms with Crippen molar-refractivity contribution >= 4 is 11.7 Å². The highest BCUT2D eigenvalue weighted by molar-refractivity contribution is 5.79. The molecule has 3 rings (SSSR count). The van der Waals surface area contributed by atoms with E-state index in [1.807, 2.05) is 18.2 Å². The van der Waals surface area contributed by atoms with Crippen LogP contribution in [0.3, 0.4) is 0 Å². The SMILES string of the molecule is C#Cc1ccc(N2CC[C@H](NC(=O)Cc3ccc(C(C)C)cc3)C2)nn1. The van der Waals surface area contributed by atoms with E-state index in [1.165, 1.54) is 5.56 Å². The van der Waals surface area contributed by atoms with Crippen molar-refractivity contribution in [3.8, 4) is 12.3 Å². The molecule has 1 saturated heterocycles. The summed E-state index contributed by atoms with van der Waals surface area (Å²) < 4.78 is 0. The number of amides is 1. The summed E-state index contributed by atoms with van der Waals surface area (Å²) >= 11 is 0. The molecular weight excluding hydrogens is 324 g/mol. The predicted octanol–water partition coefficient (Wildman–Crippen LogP) is 2.52. The number of carbonyl (C=O) groups excluding carboxylic acids is 1. The molecule has 0 saturated carbocycles. The molecule has 0 unspecified atom stereocenters. The topological polar surface area (TPSA) is 58.1 Å². The molecule has 1 aliphatic heterocycles. The van der Waals surface area contributed by atoms with Gasteiger partial charge in [0.25, 0.3) is 0 Å². The molecule has 0 spiro atoms. The zero-order valence-corrected chi connectivity index (χ0v) is 15.3. The molecule has 0 aliphatic carbocycles. The number of anilines is 1. The third kappa shape index (κ3) is 4.40. The van der Waals surface area contributed by atoms with Gasteiger partial charge in [-0.15, -0.1) is 16.6 Å². The van der Waals surface area contributed by atoms with Gasteiger partial charge in [0.05, 0.1) is 6.42 Å². The third-order valence-corrected chi connectivity index (χ3v) is 4.69. The van der Waals surface area contributed by atoms with Crippen LogP contribution in [-0.2, 0) is 11.2 Å². The van der Waals surface area contributed by atoms with E-state index in [4.69, 9.17) is 6.42 Å². The third-order valence-electron chi connectivity index (χ3n) is 4.69. The van der Waals surface area contributed by atoms with E-state index in [0.29, 0.717) is 18.0 Å². The van der Waals surface area contributed by atoms with Gasteiger partial charge in [-0.3, -0.25) is 4.79 Å². The van der Waals surface area contributed by atoms with Crippen LogP contribution < -0.4 is 10.2 Å². The Hall–Kier alpha value is -2.87. The molecular formula is C21H24N4O. The van der Waals surface area contributed by atoms with Gasteiger partial charge in [-0.05, 0) is 41.5 Å². The van der Waals surface area contributed by atoms with Crippen LogP contribution in [0, 0.1) is 12.3 Å². The summed E-state index contributed by atoms with van der Waals surface area (Å²) in [5, 5.41) is 11.3. The normalized spacial score (nSPS) is 16.5. The van der Waals surface area contributed by atoms with Gasteiger partial charge in [-0.2, -0.15) is 0 Å². The van der Waals surface area contributed by atoms with Gasteiger partial charge in [0.2, 0.25) is 5.91 Å². The van der Waals surface area contributed by atoms with E-state index >= 15 is 0 Å². The summed E-state index contributed by atoms with van der Waals surface area (Å²) in [6, 6.07) is 12.1. The monoisotopic (exact) mass is 348 g/mol. The van der Waals surface area contributed by atoms with E-state index in [1.54, 1.807) is 6.07 Å². The summed E-state index contributed by atoms with van der Waals surface area (Å²) in [4.78, 5) is 14.5. The fourth-order valence-electron chi connectivity index (χ4n) is 3.14. The van der Waals surface area contributed by atoms with Crippen molar-refractivity contribution in [2.24, 2.45) is 0 Å². The van der Waals surface area contributed by atoms with Crippen molar-refractivity contribution in [3.63, 3.8) is 0 Å². The number of rotatable bonds is 5. The summed E-state index contributed by atoms with van der Waals surface area (Å²) in [6.45, 7) is 5.91. The zero-order valence-electron chi connectivity index (χ0n) is 15.3. The number of benzene rings is 1. The van der Waals surface area contributed by atoms with Crippen molar-refractivity contribution in [2.75, 3.05) is 18.0 Å². The Bertz CT molecular complexity index is 790. The Kier molecular flexibility index (Phi) is 5.52. The van der Waals surface area contributed by atoms with Crippen molar-refractivity contribution in [2.45, 2.75) is 38.6 Å². The van der Waals surface area contributed by atoms with E-state index in [9.17, 15) is 4.79 Å². The highest BCUT2D eigenvalue weighted by Crippen LogP contribution is 2.18. The van der Waals surface area contributed by atoms with Crippen molar-refractivity contribution in [1.82, 2.24) is 15.5 Å². The van der Waals surface area contributed by atoms with Gasteiger partial charge >= 0.3 is 0 Å². The molecule has 134 valence electrons. The van der Waals surface area contributed by atoms with E-state index in [2.05, 4.69) is 52.3 Å². The minimum absolute atomic E-state index is 0.0583. The molecule has 1 aromatic heterocycles. The van der Waals surface area contributed by atoms with E-state index in [-0.39, 0.29) is 11.9 Å². The van der Waals surface area contributed by atoms with Crippen molar-refractivity contribution < 1.29 is 4.79 Å². The second kappa shape index (κ2) is 8.01. The number of carbonyl (C=O) groups is 1. The smallest absolute Gasteiger partial charge is 0.224 e. The van der Waals surface area contributed by atoms with Crippen LogP contribution in [0.15, 0.2) is 36.4 Å². The molecule has 5 nitrogen and oxygen atoms in total. The Morgan fingerprint density at radius 2 is 2.04 bits per heavy atom. The minimum Gasteiger partial charge on any atom is -0.353 e. The lowest BCUT2D eigenvalue weighted by Gasteiger charge is -2.17. The highest BCUT2D eigenvalue weighted by Gasteiger charge is 2.25. The lowest BCUT2D eigenvalue weighted by molar-refractivity contribution is -0.121. The first kappa shape index (κ1) is 17.9. The maximum Gasteiger partial charge on any atom is 0.224 e. The van der Waals surface area contributed by atoms with Crippen LogP contribution in [0.2, 0.25) is 0 Å². The number of hydrogen-bond donors (Lipinski definition) is 1. The average molecular weight is 348 g/mol. The highest BCUT2D eigenvalue weighted by atomic mass is 16.1. The van der Waals surface area contributed by atoms with Gasteiger partial charge < -0.3 is 10.2 Å². The molecule has 1 amide bonds. The molecule has 1 fully saturated rings. The second-order valence-electron chi connectivity index (χ2n) is 6.99. The summed E-state index contributed by atoms with van der Waals surface area (Å²) in [5.74, 6) is 3.82. The molecule has 0 radical (unpaired) electrons. The van der Waals surface area contributed by atoms with Gasteiger partial charge in [0, 0.05) is 19.1 Å². The lowest BCUT2D eigenvalue weighted by Crippen LogP contribution is -2.38. The van der Waals surface area contributed by atoms with E-state index in [0.717, 1.165) is 30.9 Å². The number of aromatic nitrogens is 2. The maximum absolute atomic E-state index is 12.3. The lowest BCUT2D eigenvalue weighted by atomic mass is 10.0. The maximum atomic E-state index is 12.3. The zero-order chi connectivity index (χ0) is 18.5. The average Bonchev–Trinajstić information content (AvgIpc) is 3.10. The number of terminal acetylenes is 1. The predicted molar refractivity (Wildman–Crippen MR) is 103 cm³/mol. The van der Waals surface area contributed by atoms with Crippen LogP contribution in [-0.4, -0.2) is 35.2 Å². The van der Waals surface area contributed by atoms with Crippen molar-refractivity contribution in [1.29, 1.82) is 0 Å². The quantitative estimate of drug-likeness (QED) is 0.844. The molecule has 2 aromatic rings. The van der Waals surface area contributed by atoms with Gasteiger partial charge in [0.15, 0.2) is 5.82 Å². The van der Waals surface area contributed by atoms with Crippen LogP contribution in [0.5, 0.6) is 0 Å². The molecule has 1 aliphatic rings. The molecule has 2 heterocycles. The van der Waals surface area contributed by atoms with Crippen molar-refractivity contribution in [3.05, 3.63) is 53.2 Å². The van der Waals surface area contributed by atoms with Gasteiger partial charge in [-0.25, -0.2) is 0 Å². The van der Waals surface area contributed by atoms with Crippen LogP contribution >= 0.6 is 0 Å². The minimum atomic E-state index is 0.0583. The van der Waals surface area contributed by atoms with Crippen LogP contribution in [0.4, 0.5) is 5.82 Å². The largest absolute Gasteiger partial charge is 0.353 e. The fourth-order valence-corrected chi connectivity index (χ4v) is 3.14. The first-order valence-electron chi connectivity index (χ1n) is 8.98. The summed E-state index contributed by atoms with van der Waals surface area (Å²) in [7, 11) is 0. The Morgan fingerprint density at radius 1 is 1.27 bits per heavy atom. The summed E-state index contributed by atoms with van der Waals surface area (Å²) in [6.07, 6.45) is 6.61. The Morgan fingerprint density at radius 3 is 2.65 bits per heavy atom. The molecule has 1 aromatic carbocycles. The Labute approximate surface area is 154 Å². The molecule has 0 bridgehead atoms. The van der Waals surface area contributed by atoms with Gasteiger partial charge in [-0.1, -0.05) is 38.1 Å². The first-order chi connectivity index (χ1) is 12.5. The number of hydrogen-bond acceptors (Lipinski definition) is 4. The van der Waals surface area contributed by atoms with E-state index < -0.39 is 0 Å². The second-order valence-corrected chi connectivity index (χ2v) is 6.99.